The minimum atomic E-state index is -0.394. The Morgan fingerprint density at radius 2 is 2.08 bits per heavy atom. The number of carbonyl (C=O) groups excluding carboxylic acids is 1. The summed E-state index contributed by atoms with van der Waals surface area (Å²) in [4.78, 5) is 29.1. The van der Waals surface area contributed by atoms with Crippen molar-refractivity contribution in [1.29, 1.82) is 0 Å². The van der Waals surface area contributed by atoms with E-state index in [9.17, 15) is 9.18 Å². The zero-order valence-electron chi connectivity index (χ0n) is 14.4. The van der Waals surface area contributed by atoms with E-state index in [4.69, 9.17) is 0 Å². The van der Waals surface area contributed by atoms with Crippen molar-refractivity contribution in [2.75, 3.05) is 14.1 Å². The molecule has 4 aromatic heterocycles. The number of fused-ring (bicyclic) bond motifs is 2. The first-order chi connectivity index (χ1) is 12.5. The van der Waals surface area contributed by atoms with Crippen molar-refractivity contribution in [3.63, 3.8) is 0 Å². The smallest absolute Gasteiger partial charge is 0.223 e. The van der Waals surface area contributed by atoms with Gasteiger partial charge in [0.1, 0.15) is 23.4 Å². The first-order valence-corrected chi connectivity index (χ1v) is 8.16. The number of rotatable bonds is 4. The van der Waals surface area contributed by atoms with E-state index in [0.717, 1.165) is 22.2 Å². The highest BCUT2D eigenvalue weighted by Crippen LogP contribution is 2.34. The Balaban J connectivity index is 1.82. The molecule has 4 aromatic rings. The molecule has 4 heterocycles. The summed E-state index contributed by atoms with van der Waals surface area (Å²) in [6.45, 7) is 0.499. The molecule has 4 rings (SSSR count). The van der Waals surface area contributed by atoms with Crippen LogP contribution in [0.25, 0.3) is 33.2 Å². The van der Waals surface area contributed by atoms with Crippen LogP contribution in [0.1, 0.15) is 6.42 Å². The fourth-order valence-electron chi connectivity index (χ4n) is 3.05. The molecule has 1 amide bonds. The molecule has 8 heteroatoms. The van der Waals surface area contributed by atoms with Gasteiger partial charge in [-0.15, -0.1) is 0 Å². The number of aryl methyl sites for hydroxylation is 1. The predicted octanol–water partition coefficient (Wildman–Crippen LogP) is 2.59. The summed E-state index contributed by atoms with van der Waals surface area (Å²) in [6, 6.07) is 1.46. The van der Waals surface area contributed by atoms with E-state index in [-0.39, 0.29) is 5.91 Å². The highest BCUT2D eigenvalue weighted by Gasteiger charge is 2.16. The van der Waals surface area contributed by atoms with Crippen LogP contribution < -0.4 is 0 Å². The van der Waals surface area contributed by atoms with E-state index in [1.807, 2.05) is 10.8 Å². The molecule has 0 atom stereocenters. The van der Waals surface area contributed by atoms with Crippen molar-refractivity contribution in [3.8, 4) is 11.1 Å². The number of pyridine rings is 1. The summed E-state index contributed by atoms with van der Waals surface area (Å²) in [7, 11) is 3.47. The number of nitrogens with zero attached hydrogens (tertiary/aromatic N) is 5. The molecule has 7 nitrogen and oxygen atoms in total. The Morgan fingerprint density at radius 3 is 2.88 bits per heavy atom. The molecule has 0 unspecified atom stereocenters. The maximum absolute atomic E-state index is 13.7. The second-order valence-electron chi connectivity index (χ2n) is 6.29. The Kier molecular flexibility index (Phi) is 3.87. The van der Waals surface area contributed by atoms with Crippen LogP contribution in [-0.2, 0) is 11.3 Å². The first kappa shape index (κ1) is 16.2. The number of hydrogen-bond donors (Lipinski definition) is 1. The Labute approximate surface area is 148 Å². The van der Waals surface area contributed by atoms with Crippen molar-refractivity contribution in [2.24, 2.45) is 0 Å². The summed E-state index contributed by atoms with van der Waals surface area (Å²) in [6.07, 6.45) is 8.48. The fraction of sp³-hybridized carbons (Fsp3) is 0.222. The zero-order chi connectivity index (χ0) is 18.3. The van der Waals surface area contributed by atoms with Crippen LogP contribution in [0.15, 0.2) is 37.2 Å². The Bertz CT molecular complexity index is 1110. The summed E-state index contributed by atoms with van der Waals surface area (Å²) in [5.41, 5.74) is 3.04. The van der Waals surface area contributed by atoms with Crippen LogP contribution in [0.2, 0.25) is 0 Å². The lowest BCUT2D eigenvalue weighted by Crippen LogP contribution is -2.22. The molecule has 0 saturated heterocycles. The van der Waals surface area contributed by atoms with E-state index < -0.39 is 5.82 Å². The largest absolute Gasteiger partial charge is 0.349 e. The number of amides is 1. The number of aromatic nitrogens is 5. The molecule has 0 saturated carbocycles. The van der Waals surface area contributed by atoms with Crippen LogP contribution in [0.3, 0.4) is 0 Å². The van der Waals surface area contributed by atoms with Gasteiger partial charge in [0.25, 0.3) is 0 Å². The summed E-state index contributed by atoms with van der Waals surface area (Å²) in [5, 5.41) is 1.53. The fourth-order valence-corrected chi connectivity index (χ4v) is 3.05. The third-order valence-electron chi connectivity index (χ3n) is 4.39. The van der Waals surface area contributed by atoms with Gasteiger partial charge in [-0.25, -0.2) is 19.3 Å². The van der Waals surface area contributed by atoms with E-state index in [2.05, 4.69) is 19.9 Å². The highest BCUT2D eigenvalue weighted by atomic mass is 19.1. The molecule has 0 aliphatic carbocycles. The van der Waals surface area contributed by atoms with Crippen molar-refractivity contribution in [1.82, 2.24) is 29.4 Å². The van der Waals surface area contributed by atoms with Gasteiger partial charge in [-0.3, -0.25) is 4.79 Å². The molecule has 0 radical (unpaired) electrons. The summed E-state index contributed by atoms with van der Waals surface area (Å²) in [5.74, 6) is -0.351. The van der Waals surface area contributed by atoms with E-state index in [0.29, 0.717) is 24.0 Å². The SMILES string of the molecule is CN(C)C(=O)CCn1cc(-c2c[nH]c3ncc(F)cc23)c2cncnc21. The maximum atomic E-state index is 13.7. The minimum Gasteiger partial charge on any atom is -0.349 e. The standard InChI is InChI=1S/C18H17FN6O/c1-24(2)16(26)3-4-25-9-15(14-7-20-10-23-18(14)25)13-8-22-17-12(13)5-11(19)6-21-17/h5-10H,3-4H2,1-2H3,(H,21,22). The molecule has 1 N–H and O–H groups in total. The van der Waals surface area contributed by atoms with Gasteiger partial charge >= 0.3 is 0 Å². The number of H-pyrrole nitrogens is 1. The number of nitrogens with one attached hydrogen (secondary N) is 1. The quantitative estimate of drug-likeness (QED) is 0.612. The maximum Gasteiger partial charge on any atom is 0.223 e. The van der Waals surface area contributed by atoms with Crippen LogP contribution in [0.4, 0.5) is 4.39 Å². The van der Waals surface area contributed by atoms with E-state index in [1.54, 1.807) is 31.4 Å². The van der Waals surface area contributed by atoms with Crippen LogP contribution in [-0.4, -0.2) is 49.4 Å². The van der Waals surface area contributed by atoms with E-state index >= 15 is 0 Å². The van der Waals surface area contributed by atoms with Gasteiger partial charge in [0.15, 0.2) is 0 Å². The summed E-state index contributed by atoms with van der Waals surface area (Å²) < 4.78 is 15.6. The minimum absolute atomic E-state index is 0.0424. The average molecular weight is 352 g/mol. The highest BCUT2D eigenvalue weighted by molar-refractivity contribution is 6.03. The average Bonchev–Trinajstić information content (AvgIpc) is 3.20. The van der Waals surface area contributed by atoms with Gasteiger partial charge < -0.3 is 14.5 Å². The lowest BCUT2D eigenvalue weighted by atomic mass is 10.1. The molecular weight excluding hydrogens is 335 g/mol. The van der Waals surface area contributed by atoms with Gasteiger partial charge in [0, 0.05) is 67.6 Å². The first-order valence-electron chi connectivity index (χ1n) is 8.16. The van der Waals surface area contributed by atoms with Gasteiger partial charge in [-0.1, -0.05) is 0 Å². The van der Waals surface area contributed by atoms with Gasteiger partial charge in [-0.05, 0) is 6.07 Å². The molecule has 0 fully saturated rings. The predicted molar refractivity (Wildman–Crippen MR) is 95.9 cm³/mol. The van der Waals surface area contributed by atoms with Crippen LogP contribution in [0.5, 0.6) is 0 Å². The van der Waals surface area contributed by atoms with Crippen molar-refractivity contribution >= 4 is 28.0 Å². The van der Waals surface area contributed by atoms with Gasteiger partial charge in [0.2, 0.25) is 5.91 Å². The monoisotopic (exact) mass is 352 g/mol. The van der Waals surface area contributed by atoms with Crippen molar-refractivity contribution in [2.45, 2.75) is 13.0 Å². The van der Waals surface area contributed by atoms with Crippen molar-refractivity contribution < 1.29 is 9.18 Å². The molecule has 0 bridgehead atoms. The number of aromatic amines is 1. The Hall–Kier alpha value is -3.29. The second kappa shape index (κ2) is 6.21. The van der Waals surface area contributed by atoms with Gasteiger partial charge in [0.05, 0.1) is 6.20 Å². The molecule has 0 spiro atoms. The molecule has 132 valence electrons. The van der Waals surface area contributed by atoms with E-state index in [1.165, 1.54) is 18.6 Å². The Morgan fingerprint density at radius 1 is 1.23 bits per heavy atom. The third kappa shape index (κ3) is 2.69. The lowest BCUT2D eigenvalue weighted by molar-refractivity contribution is -0.128. The molecule has 0 aliphatic heterocycles. The molecular formula is C18H17FN6O. The molecule has 0 aromatic carbocycles. The van der Waals surface area contributed by atoms with Crippen molar-refractivity contribution in [3.05, 3.63) is 43.0 Å². The normalized spacial score (nSPS) is 11.3. The third-order valence-corrected chi connectivity index (χ3v) is 4.39. The molecule has 26 heavy (non-hydrogen) atoms. The summed E-state index contributed by atoms with van der Waals surface area (Å²) >= 11 is 0. The van der Waals surface area contributed by atoms with Crippen LogP contribution in [0, 0.1) is 5.82 Å². The number of halogens is 1. The number of carbonyl (C=O) groups is 1. The zero-order valence-corrected chi connectivity index (χ0v) is 14.4. The van der Waals surface area contributed by atoms with Crippen LogP contribution >= 0.6 is 0 Å². The lowest BCUT2D eigenvalue weighted by Gasteiger charge is -2.10. The van der Waals surface area contributed by atoms with Gasteiger partial charge in [-0.2, -0.15) is 0 Å². The molecule has 0 aliphatic rings. The second-order valence-corrected chi connectivity index (χ2v) is 6.29. The number of hydrogen-bond acceptors (Lipinski definition) is 4. The topological polar surface area (TPSA) is 79.7 Å².